The van der Waals surface area contributed by atoms with E-state index in [1.54, 1.807) is 24.3 Å². The number of carbonyl (C=O) groups excluding carboxylic acids is 3. The first-order valence-electron chi connectivity index (χ1n) is 8.32. The van der Waals surface area contributed by atoms with Gasteiger partial charge in [-0.15, -0.1) is 11.8 Å². The summed E-state index contributed by atoms with van der Waals surface area (Å²) in [7, 11) is 1.30. The van der Waals surface area contributed by atoms with Crippen molar-refractivity contribution in [3.63, 3.8) is 0 Å². The summed E-state index contributed by atoms with van der Waals surface area (Å²) in [5, 5.41) is 5.52. The highest BCUT2D eigenvalue weighted by Gasteiger charge is 2.09. The van der Waals surface area contributed by atoms with E-state index in [4.69, 9.17) is 0 Å². The number of amides is 2. The molecule has 0 saturated heterocycles. The fourth-order valence-electron chi connectivity index (χ4n) is 2.29. The molecule has 6 nitrogen and oxygen atoms in total. The van der Waals surface area contributed by atoms with E-state index in [0.717, 1.165) is 16.8 Å². The van der Waals surface area contributed by atoms with Crippen molar-refractivity contribution in [1.29, 1.82) is 0 Å². The molecule has 2 N–H and O–H groups in total. The quantitative estimate of drug-likeness (QED) is 0.713. The Kier molecular flexibility index (Phi) is 7.43. The third-order valence-corrected chi connectivity index (χ3v) is 4.76. The second-order valence-electron chi connectivity index (χ2n) is 5.96. The first-order valence-corrected chi connectivity index (χ1v) is 9.47. The molecule has 27 heavy (non-hydrogen) atoms. The second kappa shape index (κ2) is 9.78. The summed E-state index contributed by atoms with van der Waals surface area (Å²) in [4.78, 5) is 35.5. The molecule has 0 aromatic heterocycles. The van der Waals surface area contributed by atoms with E-state index in [-0.39, 0.29) is 23.3 Å². The number of hydrogen-bond acceptors (Lipinski definition) is 5. The molecule has 0 aliphatic rings. The predicted molar refractivity (Wildman–Crippen MR) is 108 cm³/mol. The molecule has 142 valence electrons. The lowest BCUT2D eigenvalue weighted by Crippen LogP contribution is -2.18. The molecule has 2 aromatic carbocycles. The molecule has 0 aliphatic carbocycles. The van der Waals surface area contributed by atoms with Crippen molar-refractivity contribution < 1.29 is 19.1 Å². The van der Waals surface area contributed by atoms with Crippen LogP contribution in [0.15, 0.2) is 42.5 Å². The highest BCUT2D eigenvalue weighted by Crippen LogP contribution is 2.15. The van der Waals surface area contributed by atoms with Crippen LogP contribution in [0, 0.1) is 13.8 Å². The molecule has 2 rings (SSSR count). The highest BCUT2D eigenvalue weighted by atomic mass is 32.2. The molecule has 0 radical (unpaired) electrons. The van der Waals surface area contributed by atoms with Gasteiger partial charge in [-0.3, -0.25) is 9.59 Å². The lowest BCUT2D eigenvalue weighted by atomic mass is 10.1. The molecule has 7 heteroatoms. The van der Waals surface area contributed by atoms with Crippen LogP contribution in [0.2, 0.25) is 0 Å². The molecule has 0 saturated carbocycles. The van der Waals surface area contributed by atoms with Crippen molar-refractivity contribution in [1.82, 2.24) is 0 Å². The van der Waals surface area contributed by atoms with E-state index in [9.17, 15) is 14.4 Å². The minimum absolute atomic E-state index is 0.128. The third kappa shape index (κ3) is 6.45. The minimum Gasteiger partial charge on any atom is -0.465 e. The average molecular weight is 386 g/mol. The Morgan fingerprint density at radius 3 is 2.11 bits per heavy atom. The number of carbonyl (C=O) groups is 3. The van der Waals surface area contributed by atoms with Crippen molar-refractivity contribution >= 4 is 40.9 Å². The Morgan fingerprint density at radius 1 is 0.889 bits per heavy atom. The van der Waals surface area contributed by atoms with Gasteiger partial charge in [0.1, 0.15) is 0 Å². The monoisotopic (exact) mass is 386 g/mol. The molecule has 0 unspecified atom stereocenters. The average Bonchev–Trinajstić information content (AvgIpc) is 2.64. The number of ether oxygens (including phenoxy) is 1. The van der Waals surface area contributed by atoms with E-state index in [2.05, 4.69) is 15.4 Å². The van der Waals surface area contributed by atoms with E-state index in [1.807, 2.05) is 32.0 Å². The summed E-state index contributed by atoms with van der Waals surface area (Å²) in [5.74, 6) is -0.584. The van der Waals surface area contributed by atoms with Gasteiger partial charge in [-0.05, 0) is 55.3 Å². The number of aryl methyl sites for hydroxylation is 2. The SMILES string of the molecule is COC(=O)c1cccc(NC(=O)CSCC(=O)Nc2ccc(C)c(C)c2)c1. The normalized spacial score (nSPS) is 10.2. The summed E-state index contributed by atoms with van der Waals surface area (Å²) < 4.78 is 4.65. The first kappa shape index (κ1) is 20.5. The second-order valence-corrected chi connectivity index (χ2v) is 6.95. The Hall–Kier alpha value is -2.80. The van der Waals surface area contributed by atoms with Gasteiger partial charge in [0.15, 0.2) is 0 Å². The number of methoxy groups -OCH3 is 1. The van der Waals surface area contributed by atoms with Crippen LogP contribution in [0.3, 0.4) is 0 Å². The molecule has 0 heterocycles. The molecule has 0 atom stereocenters. The zero-order valence-corrected chi connectivity index (χ0v) is 16.3. The van der Waals surface area contributed by atoms with Crippen LogP contribution < -0.4 is 10.6 Å². The van der Waals surface area contributed by atoms with Crippen molar-refractivity contribution in [2.24, 2.45) is 0 Å². The number of benzene rings is 2. The fraction of sp³-hybridized carbons (Fsp3) is 0.250. The summed E-state index contributed by atoms with van der Waals surface area (Å²) in [6.07, 6.45) is 0. The predicted octanol–water partition coefficient (Wildman–Crippen LogP) is 3.40. The molecule has 2 aromatic rings. The van der Waals surface area contributed by atoms with Gasteiger partial charge in [0.05, 0.1) is 24.2 Å². The number of anilines is 2. The van der Waals surface area contributed by atoms with Crippen molar-refractivity contribution in [2.45, 2.75) is 13.8 Å². The van der Waals surface area contributed by atoms with Crippen molar-refractivity contribution in [3.8, 4) is 0 Å². The number of nitrogens with one attached hydrogen (secondary N) is 2. The summed E-state index contributed by atoms with van der Waals surface area (Å²) in [6, 6.07) is 12.2. The Balaban J connectivity index is 1.78. The molecule has 0 fully saturated rings. The van der Waals surface area contributed by atoms with Crippen molar-refractivity contribution in [3.05, 3.63) is 59.2 Å². The Labute approximate surface area is 162 Å². The van der Waals surface area contributed by atoms with Gasteiger partial charge in [-0.2, -0.15) is 0 Å². The van der Waals surface area contributed by atoms with Gasteiger partial charge in [-0.1, -0.05) is 12.1 Å². The van der Waals surface area contributed by atoms with Gasteiger partial charge in [0.2, 0.25) is 11.8 Å². The van der Waals surface area contributed by atoms with Crippen LogP contribution in [0.1, 0.15) is 21.5 Å². The maximum Gasteiger partial charge on any atom is 0.337 e. The number of esters is 1. The largest absolute Gasteiger partial charge is 0.465 e. The Bertz CT molecular complexity index is 852. The minimum atomic E-state index is -0.469. The van der Waals surface area contributed by atoms with Crippen LogP contribution in [0.4, 0.5) is 11.4 Å². The maximum atomic E-state index is 12.0. The van der Waals surface area contributed by atoms with Crippen LogP contribution in [0.5, 0.6) is 0 Å². The van der Waals surface area contributed by atoms with E-state index in [0.29, 0.717) is 11.3 Å². The van der Waals surface area contributed by atoms with Crippen LogP contribution in [-0.4, -0.2) is 36.4 Å². The molecule has 2 amide bonds. The Morgan fingerprint density at radius 2 is 1.52 bits per heavy atom. The molecule has 0 spiro atoms. The van der Waals surface area contributed by atoms with Crippen molar-refractivity contribution in [2.75, 3.05) is 29.2 Å². The van der Waals surface area contributed by atoms with Gasteiger partial charge >= 0.3 is 5.97 Å². The fourth-order valence-corrected chi connectivity index (χ4v) is 2.91. The highest BCUT2D eigenvalue weighted by molar-refractivity contribution is 8.00. The summed E-state index contributed by atoms with van der Waals surface area (Å²) >= 11 is 1.21. The third-order valence-electron chi connectivity index (χ3n) is 3.82. The molecule has 0 bridgehead atoms. The number of thioether (sulfide) groups is 1. The maximum absolute atomic E-state index is 12.0. The lowest BCUT2D eigenvalue weighted by Gasteiger charge is -2.08. The van der Waals surface area contributed by atoms with Gasteiger partial charge < -0.3 is 15.4 Å². The smallest absolute Gasteiger partial charge is 0.337 e. The molecular formula is C20H22N2O4S. The molecular weight excluding hydrogens is 364 g/mol. The van der Waals surface area contributed by atoms with Crippen LogP contribution in [-0.2, 0) is 14.3 Å². The van der Waals surface area contributed by atoms with E-state index >= 15 is 0 Å². The standard InChI is InChI=1S/C20H22N2O4S/c1-13-7-8-17(9-14(13)2)22-19(24)12-27-11-18(23)21-16-6-4-5-15(10-16)20(25)26-3/h4-10H,11-12H2,1-3H3,(H,21,23)(H,22,24). The van der Waals surface area contributed by atoms with Crippen LogP contribution in [0.25, 0.3) is 0 Å². The van der Waals surface area contributed by atoms with Gasteiger partial charge in [0.25, 0.3) is 0 Å². The summed E-state index contributed by atoms with van der Waals surface area (Å²) in [6.45, 7) is 4.00. The number of rotatable bonds is 7. The zero-order chi connectivity index (χ0) is 19.8. The number of hydrogen-bond donors (Lipinski definition) is 2. The summed E-state index contributed by atoms with van der Waals surface area (Å²) in [5.41, 5.74) is 3.87. The zero-order valence-electron chi connectivity index (χ0n) is 15.5. The molecule has 0 aliphatic heterocycles. The van der Waals surface area contributed by atoms with Crippen LogP contribution >= 0.6 is 11.8 Å². The van der Waals surface area contributed by atoms with E-state index < -0.39 is 5.97 Å². The first-order chi connectivity index (χ1) is 12.9. The van der Waals surface area contributed by atoms with Gasteiger partial charge in [-0.25, -0.2) is 4.79 Å². The lowest BCUT2D eigenvalue weighted by molar-refractivity contribution is -0.114. The topological polar surface area (TPSA) is 84.5 Å². The van der Waals surface area contributed by atoms with E-state index in [1.165, 1.54) is 18.9 Å². The van der Waals surface area contributed by atoms with Gasteiger partial charge in [0, 0.05) is 11.4 Å².